The first-order valence-corrected chi connectivity index (χ1v) is 4.59. The fourth-order valence-corrected chi connectivity index (χ4v) is 1.48. The second-order valence-corrected chi connectivity index (χ2v) is 3.62. The molecule has 0 amide bonds. The van der Waals surface area contributed by atoms with Crippen LogP contribution in [0.4, 0.5) is 14.0 Å². The lowest BCUT2D eigenvalue weighted by molar-refractivity contribution is -0.387. The van der Waals surface area contributed by atoms with Gasteiger partial charge in [-0.1, -0.05) is 0 Å². The summed E-state index contributed by atoms with van der Waals surface area (Å²) in [6, 6.07) is 1.52. The average molecular weight is 223 g/mol. The normalized spacial score (nSPS) is 11.3. The molecule has 0 spiro atoms. The van der Waals surface area contributed by atoms with Gasteiger partial charge in [-0.15, -0.1) is 3.89 Å². The zero-order valence-electron chi connectivity index (χ0n) is 6.48. The van der Waals surface area contributed by atoms with Crippen LogP contribution in [0.2, 0.25) is 0 Å². The molecule has 0 radical (unpaired) electrons. The van der Waals surface area contributed by atoms with Gasteiger partial charge in [0.25, 0.3) is 5.69 Å². The SMILES string of the molecule is O=[N+]([O-])c1ccc(F)cc1S(=O)(=O)F. The fourth-order valence-electron chi connectivity index (χ4n) is 0.834. The molecule has 0 aliphatic rings. The molecule has 1 aromatic carbocycles. The maximum atomic E-state index is 12.5. The molecule has 0 saturated heterocycles. The van der Waals surface area contributed by atoms with Crippen LogP contribution in [-0.2, 0) is 10.2 Å². The summed E-state index contributed by atoms with van der Waals surface area (Å²) in [4.78, 5) is 7.85. The molecule has 0 atom stereocenters. The molecule has 1 rings (SSSR count). The van der Waals surface area contributed by atoms with Gasteiger partial charge in [-0.25, -0.2) is 4.39 Å². The Kier molecular flexibility index (Phi) is 2.47. The summed E-state index contributed by atoms with van der Waals surface area (Å²) >= 11 is 0. The minimum absolute atomic E-state index is 0.257. The monoisotopic (exact) mass is 223 g/mol. The van der Waals surface area contributed by atoms with Crippen molar-refractivity contribution in [3.05, 3.63) is 34.1 Å². The maximum absolute atomic E-state index is 12.5. The molecule has 0 N–H and O–H groups in total. The maximum Gasteiger partial charge on any atom is 0.339 e. The van der Waals surface area contributed by atoms with Crippen molar-refractivity contribution in [2.75, 3.05) is 0 Å². The van der Waals surface area contributed by atoms with E-state index in [4.69, 9.17) is 0 Å². The van der Waals surface area contributed by atoms with Crippen LogP contribution in [0.15, 0.2) is 23.1 Å². The first-order chi connectivity index (χ1) is 6.32. The van der Waals surface area contributed by atoms with E-state index in [0.29, 0.717) is 12.1 Å². The summed E-state index contributed by atoms with van der Waals surface area (Å²) in [6.07, 6.45) is 0. The summed E-state index contributed by atoms with van der Waals surface area (Å²) < 4.78 is 45.7. The van der Waals surface area contributed by atoms with E-state index < -0.39 is 31.5 Å². The molecule has 0 saturated carbocycles. The largest absolute Gasteiger partial charge is 0.339 e. The first-order valence-electron chi connectivity index (χ1n) is 3.21. The van der Waals surface area contributed by atoms with E-state index in [1.54, 1.807) is 0 Å². The van der Waals surface area contributed by atoms with Crippen molar-refractivity contribution in [3.63, 3.8) is 0 Å². The van der Waals surface area contributed by atoms with Crippen molar-refractivity contribution in [3.8, 4) is 0 Å². The minimum atomic E-state index is -5.28. The highest BCUT2D eigenvalue weighted by Gasteiger charge is 2.25. The topological polar surface area (TPSA) is 77.3 Å². The molecule has 76 valence electrons. The zero-order valence-corrected chi connectivity index (χ0v) is 7.29. The number of benzene rings is 1. The number of rotatable bonds is 2. The molecule has 0 aliphatic heterocycles. The Hall–Kier alpha value is -1.57. The van der Waals surface area contributed by atoms with E-state index in [9.17, 15) is 26.8 Å². The van der Waals surface area contributed by atoms with E-state index in [1.165, 1.54) is 0 Å². The molecule has 5 nitrogen and oxygen atoms in total. The van der Waals surface area contributed by atoms with Gasteiger partial charge >= 0.3 is 10.2 Å². The van der Waals surface area contributed by atoms with Crippen LogP contribution < -0.4 is 0 Å². The Morgan fingerprint density at radius 2 is 1.93 bits per heavy atom. The summed E-state index contributed by atoms with van der Waals surface area (Å²) in [5.41, 5.74) is -0.992. The molecular formula is C6H3F2NO4S. The van der Waals surface area contributed by atoms with E-state index in [0.717, 1.165) is 0 Å². The van der Waals surface area contributed by atoms with Gasteiger partial charge in [0.1, 0.15) is 5.82 Å². The number of hydrogen-bond acceptors (Lipinski definition) is 4. The standard InChI is InChI=1S/C6H3F2NO4S/c7-4-1-2-5(9(10)11)6(3-4)14(8,12)13/h1-3H. The van der Waals surface area contributed by atoms with E-state index >= 15 is 0 Å². The second-order valence-electron chi connectivity index (χ2n) is 2.31. The first kappa shape index (κ1) is 10.5. The average Bonchev–Trinajstić information content (AvgIpc) is 2.01. The molecule has 14 heavy (non-hydrogen) atoms. The van der Waals surface area contributed by atoms with Crippen LogP contribution >= 0.6 is 0 Å². The molecule has 0 aliphatic carbocycles. The van der Waals surface area contributed by atoms with Crippen LogP contribution in [0.3, 0.4) is 0 Å². The summed E-state index contributed by atoms with van der Waals surface area (Å²) in [7, 11) is -5.28. The van der Waals surface area contributed by atoms with Gasteiger partial charge < -0.3 is 0 Å². The second kappa shape index (κ2) is 3.29. The van der Waals surface area contributed by atoms with Crippen molar-refractivity contribution in [1.29, 1.82) is 0 Å². The number of nitrogens with zero attached hydrogens (tertiary/aromatic N) is 1. The fraction of sp³-hybridized carbons (Fsp3) is 0. The molecule has 1 aromatic rings. The van der Waals surface area contributed by atoms with Gasteiger partial charge in [-0.2, -0.15) is 8.42 Å². The quantitative estimate of drug-likeness (QED) is 0.431. The summed E-state index contributed by atoms with van der Waals surface area (Å²) in [5, 5.41) is 10.2. The highest BCUT2D eigenvalue weighted by molar-refractivity contribution is 7.86. The molecule has 0 unspecified atom stereocenters. The van der Waals surface area contributed by atoms with Crippen LogP contribution in [0.1, 0.15) is 0 Å². The van der Waals surface area contributed by atoms with Crippen LogP contribution in [0.25, 0.3) is 0 Å². The molecule has 0 heterocycles. The number of hydrogen-bond donors (Lipinski definition) is 0. The van der Waals surface area contributed by atoms with Crippen molar-refractivity contribution in [2.45, 2.75) is 4.90 Å². The number of halogens is 2. The number of nitro benzene ring substituents is 1. The van der Waals surface area contributed by atoms with Crippen molar-refractivity contribution >= 4 is 15.9 Å². The Morgan fingerprint density at radius 1 is 1.36 bits per heavy atom. The van der Waals surface area contributed by atoms with Gasteiger partial charge in [0.15, 0.2) is 4.90 Å². The lowest BCUT2D eigenvalue weighted by Gasteiger charge is -1.97. The third kappa shape index (κ3) is 2.02. The molecule has 0 aromatic heterocycles. The minimum Gasteiger partial charge on any atom is -0.258 e. The Labute approximate surface area is 77.3 Å². The summed E-state index contributed by atoms with van der Waals surface area (Å²) in [5.74, 6) is -1.06. The van der Waals surface area contributed by atoms with Gasteiger partial charge in [-0.05, 0) is 6.07 Å². The van der Waals surface area contributed by atoms with Crippen molar-refractivity contribution in [1.82, 2.24) is 0 Å². The highest BCUT2D eigenvalue weighted by atomic mass is 32.3. The Bertz CT molecular complexity index is 485. The predicted octanol–water partition coefficient (Wildman–Crippen LogP) is 1.39. The van der Waals surface area contributed by atoms with E-state index in [-0.39, 0.29) is 6.07 Å². The molecule has 0 bridgehead atoms. The lowest BCUT2D eigenvalue weighted by atomic mass is 10.3. The Morgan fingerprint density at radius 3 is 2.36 bits per heavy atom. The Balaban J connectivity index is 3.54. The lowest BCUT2D eigenvalue weighted by Crippen LogP contribution is -2.00. The molecular weight excluding hydrogens is 220 g/mol. The number of nitro groups is 1. The van der Waals surface area contributed by atoms with Crippen molar-refractivity contribution in [2.24, 2.45) is 0 Å². The highest BCUT2D eigenvalue weighted by Crippen LogP contribution is 2.25. The molecule has 8 heteroatoms. The van der Waals surface area contributed by atoms with Crippen molar-refractivity contribution < 1.29 is 21.6 Å². The zero-order chi connectivity index (χ0) is 10.9. The van der Waals surface area contributed by atoms with E-state index in [1.807, 2.05) is 0 Å². The van der Waals surface area contributed by atoms with Gasteiger partial charge in [0, 0.05) is 12.1 Å². The third-order valence-corrected chi connectivity index (χ3v) is 2.23. The molecule has 0 fully saturated rings. The van der Waals surface area contributed by atoms with Gasteiger partial charge in [-0.3, -0.25) is 10.1 Å². The van der Waals surface area contributed by atoms with Crippen LogP contribution in [0.5, 0.6) is 0 Å². The van der Waals surface area contributed by atoms with E-state index in [2.05, 4.69) is 0 Å². The summed E-state index contributed by atoms with van der Waals surface area (Å²) in [6.45, 7) is 0. The van der Waals surface area contributed by atoms with Gasteiger partial charge in [0.2, 0.25) is 0 Å². The third-order valence-electron chi connectivity index (χ3n) is 1.38. The smallest absolute Gasteiger partial charge is 0.258 e. The van der Waals surface area contributed by atoms with Crippen LogP contribution in [-0.4, -0.2) is 13.3 Å². The van der Waals surface area contributed by atoms with Crippen LogP contribution in [0, 0.1) is 15.9 Å². The predicted molar refractivity (Wildman–Crippen MR) is 41.3 cm³/mol. The van der Waals surface area contributed by atoms with Gasteiger partial charge in [0.05, 0.1) is 4.92 Å².